The summed E-state index contributed by atoms with van der Waals surface area (Å²) in [5.74, 6) is 0.791. The molecule has 1 aliphatic heterocycles. The highest BCUT2D eigenvalue weighted by Gasteiger charge is 2.30. The molecular formula is C16H18N2O6S. The van der Waals surface area contributed by atoms with Crippen molar-refractivity contribution in [2.45, 2.75) is 17.4 Å². The Hall–Kier alpha value is -2.41. The van der Waals surface area contributed by atoms with E-state index < -0.39 is 22.0 Å². The molecule has 0 bridgehead atoms. The van der Waals surface area contributed by atoms with Crippen LogP contribution in [0.3, 0.4) is 0 Å². The number of benzene rings is 1. The van der Waals surface area contributed by atoms with Crippen molar-refractivity contribution in [3.05, 3.63) is 29.8 Å². The third kappa shape index (κ3) is 4.79. The number of amides is 1. The van der Waals surface area contributed by atoms with Crippen molar-refractivity contribution < 1.29 is 27.9 Å². The second-order valence-corrected chi connectivity index (χ2v) is 7.15. The average molecular weight is 366 g/mol. The lowest BCUT2D eigenvalue weighted by Gasteiger charge is -2.34. The first-order valence-corrected chi connectivity index (χ1v) is 8.97. The number of terminal acetylenes is 1. The van der Waals surface area contributed by atoms with E-state index in [0.717, 1.165) is 0 Å². The summed E-state index contributed by atoms with van der Waals surface area (Å²) in [6, 6.07) is 4.83. The fraction of sp³-hybridized carbons (Fsp3) is 0.375. The van der Waals surface area contributed by atoms with Crippen molar-refractivity contribution in [3.63, 3.8) is 0 Å². The minimum Gasteiger partial charge on any atom is -0.481 e. The molecule has 0 spiro atoms. The molecule has 134 valence electrons. The topological polar surface area (TPSA) is 113 Å². The maximum atomic E-state index is 12.6. The van der Waals surface area contributed by atoms with Crippen LogP contribution in [0.2, 0.25) is 0 Å². The predicted octanol–water partition coefficient (Wildman–Crippen LogP) is -0.0862. The molecule has 1 saturated heterocycles. The van der Waals surface area contributed by atoms with Crippen LogP contribution in [0.25, 0.3) is 0 Å². The molecule has 0 aromatic heterocycles. The maximum absolute atomic E-state index is 12.6. The molecule has 1 unspecified atom stereocenters. The van der Waals surface area contributed by atoms with Gasteiger partial charge >= 0.3 is 5.97 Å². The van der Waals surface area contributed by atoms with Crippen molar-refractivity contribution in [2.24, 2.45) is 0 Å². The molecule has 2 N–H and O–H groups in total. The first-order valence-electron chi connectivity index (χ1n) is 7.49. The summed E-state index contributed by atoms with van der Waals surface area (Å²) >= 11 is 0. The van der Waals surface area contributed by atoms with Gasteiger partial charge in [-0.05, 0) is 24.3 Å². The molecular weight excluding hydrogens is 348 g/mol. The van der Waals surface area contributed by atoms with Gasteiger partial charge in [0.2, 0.25) is 10.0 Å². The number of carboxylic acid groups (broad SMARTS) is 1. The average Bonchev–Trinajstić information content (AvgIpc) is 2.59. The van der Waals surface area contributed by atoms with E-state index in [1.165, 1.54) is 29.2 Å². The SMILES string of the molecule is C#CCNS(=O)(=O)c1ccc(C(=O)N2CCOCC2CC(=O)O)cc1. The van der Waals surface area contributed by atoms with Gasteiger partial charge in [0, 0.05) is 12.1 Å². The number of carbonyl (C=O) groups excluding carboxylic acids is 1. The molecule has 1 heterocycles. The van der Waals surface area contributed by atoms with Crippen LogP contribution in [0.15, 0.2) is 29.2 Å². The van der Waals surface area contributed by atoms with Crippen LogP contribution in [0.5, 0.6) is 0 Å². The summed E-state index contributed by atoms with van der Waals surface area (Å²) in [4.78, 5) is 25.0. The summed E-state index contributed by atoms with van der Waals surface area (Å²) in [7, 11) is -3.73. The van der Waals surface area contributed by atoms with Gasteiger partial charge in [0.15, 0.2) is 0 Å². The third-order valence-corrected chi connectivity index (χ3v) is 5.09. The van der Waals surface area contributed by atoms with Crippen LogP contribution < -0.4 is 4.72 Å². The molecule has 0 saturated carbocycles. The Balaban J connectivity index is 2.16. The van der Waals surface area contributed by atoms with Crippen LogP contribution in [0.4, 0.5) is 0 Å². The number of sulfonamides is 1. The summed E-state index contributed by atoms with van der Waals surface area (Å²) in [6.07, 6.45) is 4.81. The minimum absolute atomic E-state index is 0.0108. The number of morpholine rings is 1. The van der Waals surface area contributed by atoms with E-state index >= 15 is 0 Å². The highest BCUT2D eigenvalue weighted by Crippen LogP contribution is 2.17. The van der Waals surface area contributed by atoms with E-state index in [2.05, 4.69) is 10.6 Å². The van der Waals surface area contributed by atoms with Crippen LogP contribution in [0.1, 0.15) is 16.8 Å². The molecule has 1 atom stereocenters. The summed E-state index contributed by atoms with van der Waals surface area (Å²) in [5, 5.41) is 8.95. The van der Waals surface area contributed by atoms with E-state index in [9.17, 15) is 18.0 Å². The Kier molecular flexibility index (Phi) is 6.14. The van der Waals surface area contributed by atoms with Crippen LogP contribution in [-0.2, 0) is 19.6 Å². The Morgan fingerprint density at radius 2 is 2.04 bits per heavy atom. The van der Waals surface area contributed by atoms with Crippen LogP contribution in [-0.4, -0.2) is 62.6 Å². The summed E-state index contributed by atoms with van der Waals surface area (Å²) in [6.45, 7) is 0.624. The monoisotopic (exact) mass is 366 g/mol. The summed E-state index contributed by atoms with van der Waals surface area (Å²) < 4.78 is 31.4. The molecule has 25 heavy (non-hydrogen) atoms. The molecule has 9 heteroatoms. The van der Waals surface area contributed by atoms with Gasteiger partial charge in [0.25, 0.3) is 5.91 Å². The lowest BCUT2D eigenvalue weighted by Crippen LogP contribution is -2.49. The molecule has 1 aromatic rings. The van der Waals surface area contributed by atoms with E-state index in [-0.39, 0.29) is 42.5 Å². The Bertz CT molecular complexity index is 782. The number of hydrogen-bond acceptors (Lipinski definition) is 5. The second-order valence-electron chi connectivity index (χ2n) is 5.38. The van der Waals surface area contributed by atoms with E-state index in [1.807, 2.05) is 0 Å². The third-order valence-electron chi connectivity index (χ3n) is 3.67. The molecule has 1 aliphatic rings. The minimum atomic E-state index is -3.73. The normalized spacial score (nSPS) is 17.7. The second kappa shape index (κ2) is 8.11. The smallest absolute Gasteiger partial charge is 0.305 e. The Morgan fingerprint density at radius 1 is 1.36 bits per heavy atom. The zero-order valence-corrected chi connectivity index (χ0v) is 14.2. The Morgan fingerprint density at radius 3 is 2.64 bits per heavy atom. The highest BCUT2D eigenvalue weighted by atomic mass is 32.2. The molecule has 2 rings (SSSR count). The zero-order valence-electron chi connectivity index (χ0n) is 13.3. The standard InChI is InChI=1S/C16H18N2O6S/c1-2-7-17-25(22,23)14-5-3-12(4-6-14)16(21)18-8-9-24-11-13(18)10-15(19)20/h1,3-6,13,17H,7-11H2,(H,19,20). The molecule has 0 aliphatic carbocycles. The largest absolute Gasteiger partial charge is 0.481 e. The van der Waals surface area contributed by atoms with Crippen molar-refractivity contribution in [1.29, 1.82) is 0 Å². The van der Waals surface area contributed by atoms with Gasteiger partial charge in [-0.3, -0.25) is 9.59 Å². The summed E-state index contributed by atoms with van der Waals surface area (Å²) in [5.41, 5.74) is 0.271. The number of hydrogen-bond donors (Lipinski definition) is 2. The predicted molar refractivity (Wildman–Crippen MR) is 88.4 cm³/mol. The molecule has 0 radical (unpaired) electrons. The van der Waals surface area contributed by atoms with Gasteiger partial charge < -0.3 is 14.7 Å². The van der Waals surface area contributed by atoms with Crippen molar-refractivity contribution in [3.8, 4) is 12.3 Å². The van der Waals surface area contributed by atoms with Crippen molar-refractivity contribution in [1.82, 2.24) is 9.62 Å². The number of carboxylic acids is 1. The van der Waals surface area contributed by atoms with Gasteiger partial charge in [0.05, 0.1) is 37.1 Å². The van der Waals surface area contributed by atoms with Gasteiger partial charge in [-0.25, -0.2) is 8.42 Å². The van der Waals surface area contributed by atoms with Gasteiger partial charge in [0.1, 0.15) is 0 Å². The maximum Gasteiger partial charge on any atom is 0.305 e. The fourth-order valence-corrected chi connectivity index (χ4v) is 3.39. The van der Waals surface area contributed by atoms with Crippen LogP contribution >= 0.6 is 0 Å². The molecule has 1 amide bonds. The first kappa shape index (κ1) is 18.9. The number of nitrogens with one attached hydrogen (secondary N) is 1. The molecule has 1 fully saturated rings. The number of aliphatic carboxylic acids is 1. The van der Waals surface area contributed by atoms with Crippen molar-refractivity contribution >= 4 is 21.9 Å². The lowest BCUT2D eigenvalue weighted by atomic mass is 10.1. The van der Waals surface area contributed by atoms with E-state index in [0.29, 0.717) is 6.61 Å². The van der Waals surface area contributed by atoms with Crippen molar-refractivity contribution in [2.75, 3.05) is 26.3 Å². The van der Waals surface area contributed by atoms with Crippen LogP contribution in [0, 0.1) is 12.3 Å². The fourth-order valence-electron chi connectivity index (χ4n) is 2.46. The lowest BCUT2D eigenvalue weighted by molar-refractivity contribution is -0.139. The van der Waals surface area contributed by atoms with Gasteiger partial charge in [-0.1, -0.05) is 5.92 Å². The number of ether oxygens (including phenoxy) is 1. The highest BCUT2D eigenvalue weighted by molar-refractivity contribution is 7.89. The van der Waals surface area contributed by atoms with E-state index in [1.54, 1.807) is 0 Å². The first-order chi connectivity index (χ1) is 11.8. The zero-order chi connectivity index (χ0) is 18.4. The van der Waals surface area contributed by atoms with Gasteiger partial charge in [-0.15, -0.1) is 6.42 Å². The quantitative estimate of drug-likeness (QED) is 0.681. The number of rotatable bonds is 6. The number of carbonyl (C=O) groups is 2. The van der Waals surface area contributed by atoms with Gasteiger partial charge in [-0.2, -0.15) is 4.72 Å². The molecule has 1 aromatic carbocycles. The molecule has 8 nitrogen and oxygen atoms in total. The van der Waals surface area contributed by atoms with E-state index in [4.69, 9.17) is 16.3 Å². The number of nitrogens with zero attached hydrogens (tertiary/aromatic N) is 1. The Labute approximate surface area is 145 Å².